The molecule has 0 saturated carbocycles. The lowest BCUT2D eigenvalue weighted by atomic mass is 9.59. The van der Waals surface area contributed by atoms with Crippen LogP contribution in [0.15, 0.2) is 48.5 Å². The van der Waals surface area contributed by atoms with E-state index in [-0.39, 0.29) is 10.9 Å². The predicted molar refractivity (Wildman–Crippen MR) is 127 cm³/mol. The highest BCUT2D eigenvalue weighted by Gasteiger charge is 2.36. The van der Waals surface area contributed by atoms with Crippen LogP contribution in [0.5, 0.6) is 0 Å². The molecule has 2 aromatic carbocycles. The van der Waals surface area contributed by atoms with E-state index in [2.05, 4.69) is 84.0 Å². The minimum absolute atomic E-state index is 0.00698. The summed E-state index contributed by atoms with van der Waals surface area (Å²) in [5.74, 6) is 1.02. The van der Waals surface area contributed by atoms with E-state index < -0.39 is 0 Å². The fourth-order valence-electron chi connectivity index (χ4n) is 4.68. The van der Waals surface area contributed by atoms with Crippen LogP contribution in [0.4, 0.5) is 0 Å². The zero-order valence-electron chi connectivity index (χ0n) is 18.0. The highest BCUT2D eigenvalue weighted by molar-refractivity contribution is 6.40. The van der Waals surface area contributed by atoms with Crippen LogP contribution in [0.25, 0.3) is 0 Å². The van der Waals surface area contributed by atoms with Gasteiger partial charge in [0.25, 0.3) is 0 Å². The largest absolute Gasteiger partial charge is 0.330 e. The maximum absolute atomic E-state index is 6.38. The summed E-state index contributed by atoms with van der Waals surface area (Å²) in [6.07, 6.45) is 3.46. The Bertz CT molecular complexity index is 808. The Morgan fingerprint density at radius 3 is 2.43 bits per heavy atom. The molecule has 0 aromatic heterocycles. The van der Waals surface area contributed by atoms with E-state index in [0.717, 1.165) is 17.9 Å². The second-order valence-electron chi connectivity index (χ2n) is 9.60. The van der Waals surface area contributed by atoms with Crippen molar-refractivity contribution in [3.05, 3.63) is 70.2 Å². The minimum atomic E-state index is -0.00698. The van der Waals surface area contributed by atoms with E-state index in [4.69, 9.17) is 17.3 Å². The van der Waals surface area contributed by atoms with E-state index in [1.54, 1.807) is 0 Å². The summed E-state index contributed by atoms with van der Waals surface area (Å²) in [6.45, 7) is 5.34. The fourth-order valence-corrected chi connectivity index (χ4v) is 4.86. The number of benzene rings is 2. The average molecular weight is 395 g/mol. The molecular weight excluding hydrogens is 361 g/mol. The van der Waals surface area contributed by atoms with Crippen LogP contribution in [0.2, 0.25) is 5.02 Å². The lowest BCUT2D eigenvalue weighted by Gasteiger charge is -2.47. The van der Waals surface area contributed by atoms with Crippen LogP contribution in [0.3, 0.4) is 0 Å². The first-order valence-corrected chi connectivity index (χ1v) is 10.8. The molecule has 0 unspecified atom stereocenters. The normalized spacial score (nSPS) is 19.8. The van der Waals surface area contributed by atoms with Crippen LogP contribution in [-0.4, -0.2) is 45.1 Å². The van der Waals surface area contributed by atoms with Crippen molar-refractivity contribution in [3.8, 4) is 0 Å². The standard InChI is InChI=1S/C23H33B2ClN2/c1-22(2,28(3)23(24,25)15-27)12-11-17-13-20(16-7-5-4-6-8-16)19-10-9-18(26)14-21(17)19/h4-10,14,17,20H,11-13,15,24-25,27H2,1-3H3/t17-,20+/m1/s1. The Balaban J connectivity index is 1.81. The monoisotopic (exact) mass is 394 g/mol. The third-order valence-electron chi connectivity index (χ3n) is 7.01. The van der Waals surface area contributed by atoms with Gasteiger partial charge in [-0.3, -0.25) is 0 Å². The molecule has 2 atom stereocenters. The van der Waals surface area contributed by atoms with E-state index >= 15 is 0 Å². The number of hydrogen-bond acceptors (Lipinski definition) is 2. The van der Waals surface area contributed by atoms with Crippen molar-refractivity contribution < 1.29 is 0 Å². The summed E-state index contributed by atoms with van der Waals surface area (Å²) < 4.78 is 0. The van der Waals surface area contributed by atoms with E-state index in [9.17, 15) is 0 Å². The summed E-state index contributed by atoms with van der Waals surface area (Å²) >= 11 is 6.38. The Morgan fingerprint density at radius 1 is 1.11 bits per heavy atom. The van der Waals surface area contributed by atoms with Gasteiger partial charge in [0.15, 0.2) is 0 Å². The quantitative estimate of drug-likeness (QED) is 0.730. The molecule has 0 fully saturated rings. The van der Waals surface area contributed by atoms with Crippen molar-refractivity contribution in [2.24, 2.45) is 5.73 Å². The van der Waals surface area contributed by atoms with Gasteiger partial charge in [0.2, 0.25) is 0 Å². The third-order valence-corrected chi connectivity index (χ3v) is 7.24. The molecule has 0 saturated heterocycles. The van der Waals surface area contributed by atoms with Gasteiger partial charge in [-0.1, -0.05) is 48.0 Å². The third kappa shape index (κ3) is 4.35. The summed E-state index contributed by atoms with van der Waals surface area (Å²) in [7, 11) is 6.66. The number of halogens is 1. The highest BCUT2D eigenvalue weighted by atomic mass is 35.5. The first-order valence-electron chi connectivity index (χ1n) is 10.4. The van der Waals surface area contributed by atoms with E-state index in [1.807, 2.05) is 6.07 Å². The number of fused-ring (bicyclic) bond motifs is 1. The van der Waals surface area contributed by atoms with Gasteiger partial charge >= 0.3 is 0 Å². The molecule has 0 radical (unpaired) electrons. The smallest absolute Gasteiger partial charge is 0.118 e. The molecule has 5 heteroatoms. The summed E-state index contributed by atoms with van der Waals surface area (Å²) in [4.78, 5) is 2.45. The Kier molecular flexibility index (Phi) is 6.34. The van der Waals surface area contributed by atoms with E-state index in [1.165, 1.54) is 23.1 Å². The van der Waals surface area contributed by atoms with Crippen LogP contribution in [-0.2, 0) is 0 Å². The second kappa shape index (κ2) is 8.26. The first-order chi connectivity index (χ1) is 13.2. The van der Waals surface area contributed by atoms with Crippen molar-refractivity contribution in [1.82, 2.24) is 4.90 Å². The van der Waals surface area contributed by atoms with Crippen molar-refractivity contribution in [1.29, 1.82) is 0 Å². The molecule has 1 aliphatic rings. The highest BCUT2D eigenvalue weighted by Crippen LogP contribution is 2.48. The molecule has 28 heavy (non-hydrogen) atoms. The predicted octanol–water partition coefficient (Wildman–Crippen LogP) is 3.33. The molecule has 0 amide bonds. The van der Waals surface area contributed by atoms with Crippen molar-refractivity contribution >= 4 is 27.3 Å². The van der Waals surface area contributed by atoms with Gasteiger partial charge in [-0.25, -0.2) is 0 Å². The molecule has 0 aliphatic heterocycles. The average Bonchev–Trinajstić information content (AvgIpc) is 3.04. The van der Waals surface area contributed by atoms with Gasteiger partial charge in [-0.2, -0.15) is 0 Å². The Morgan fingerprint density at radius 2 is 1.79 bits per heavy atom. The fraction of sp³-hybridized carbons (Fsp3) is 0.478. The summed E-state index contributed by atoms with van der Waals surface area (Å²) in [5.41, 5.74) is 10.4. The maximum Gasteiger partial charge on any atom is 0.118 e. The Hall–Kier alpha value is -1.22. The zero-order valence-corrected chi connectivity index (χ0v) is 18.8. The van der Waals surface area contributed by atoms with Gasteiger partial charge in [-0.05, 0) is 86.8 Å². The summed E-state index contributed by atoms with van der Waals surface area (Å²) in [5, 5.41) is 0.838. The van der Waals surface area contributed by atoms with Crippen LogP contribution in [0, 0.1) is 0 Å². The molecule has 0 heterocycles. The first kappa shape index (κ1) is 21.5. The molecule has 2 aromatic rings. The SMILES string of the molecule is BC(B)(CN)N(C)C(C)(C)CC[C@@H]1C[C@@H](c2ccccc2)c2ccc(Cl)cc21. The molecule has 148 valence electrons. The molecule has 0 spiro atoms. The van der Waals surface area contributed by atoms with Gasteiger partial charge in [0, 0.05) is 16.5 Å². The van der Waals surface area contributed by atoms with Gasteiger partial charge in [-0.15, -0.1) is 0 Å². The van der Waals surface area contributed by atoms with Gasteiger partial charge < -0.3 is 10.6 Å². The van der Waals surface area contributed by atoms with E-state index in [0.29, 0.717) is 18.4 Å². The van der Waals surface area contributed by atoms with Gasteiger partial charge in [0.1, 0.15) is 15.7 Å². The molecule has 2 N–H and O–H groups in total. The topological polar surface area (TPSA) is 29.3 Å². The molecule has 2 nitrogen and oxygen atoms in total. The number of hydrogen-bond donors (Lipinski definition) is 1. The van der Waals surface area contributed by atoms with Crippen LogP contribution >= 0.6 is 11.6 Å². The number of rotatable bonds is 7. The van der Waals surface area contributed by atoms with Crippen molar-refractivity contribution in [2.75, 3.05) is 13.6 Å². The lowest BCUT2D eigenvalue weighted by molar-refractivity contribution is 0.108. The molecule has 1 aliphatic carbocycles. The number of nitrogens with two attached hydrogens (primary N) is 1. The van der Waals surface area contributed by atoms with Crippen LogP contribution < -0.4 is 5.73 Å². The van der Waals surface area contributed by atoms with Crippen molar-refractivity contribution in [3.63, 3.8) is 0 Å². The molecule has 0 bridgehead atoms. The van der Waals surface area contributed by atoms with Crippen LogP contribution in [0.1, 0.15) is 61.6 Å². The summed E-state index contributed by atoms with van der Waals surface area (Å²) in [6, 6.07) is 17.4. The Labute approximate surface area is 177 Å². The molecular formula is C23H33B2ClN2. The molecule has 3 rings (SSSR count). The number of nitrogens with zero attached hydrogens (tertiary/aromatic N) is 1. The maximum atomic E-state index is 6.38. The lowest BCUT2D eigenvalue weighted by Crippen LogP contribution is -2.61. The van der Waals surface area contributed by atoms with Crippen molar-refractivity contribution in [2.45, 2.75) is 55.8 Å². The zero-order chi connectivity index (χ0) is 20.5. The second-order valence-corrected chi connectivity index (χ2v) is 10.0. The van der Waals surface area contributed by atoms with Gasteiger partial charge in [0.05, 0.1) is 0 Å². The minimum Gasteiger partial charge on any atom is -0.330 e. The number of likely N-dealkylation sites (N-methyl/N-ethyl adjacent to an activating group) is 1.